The summed E-state index contributed by atoms with van der Waals surface area (Å²) in [6.07, 6.45) is 1.58. The van der Waals surface area contributed by atoms with Gasteiger partial charge < -0.3 is 9.64 Å². The van der Waals surface area contributed by atoms with E-state index in [0.717, 1.165) is 0 Å². The van der Waals surface area contributed by atoms with Crippen molar-refractivity contribution in [1.82, 2.24) is 9.21 Å². The molecule has 1 saturated heterocycles. The summed E-state index contributed by atoms with van der Waals surface area (Å²) in [7, 11) is -2.14. The van der Waals surface area contributed by atoms with E-state index in [9.17, 15) is 18.0 Å². The van der Waals surface area contributed by atoms with Gasteiger partial charge in [-0.1, -0.05) is 29.3 Å². The number of sulfonamides is 1. The van der Waals surface area contributed by atoms with Crippen molar-refractivity contribution in [3.63, 3.8) is 0 Å². The summed E-state index contributed by atoms with van der Waals surface area (Å²) in [5.41, 5.74) is -0.526. The predicted molar refractivity (Wildman–Crippen MR) is 121 cm³/mol. The standard InChI is InChI=1S/C21H30Cl2N2O5S/c1-21(2,3)30-18(26)9-6-12-24(4)20(27)15-10-13-25(14-11-15)31(28,29)19-16(22)7-5-8-17(19)23/h5,7-8,15H,6,9-14H2,1-4H3. The van der Waals surface area contributed by atoms with Gasteiger partial charge in [0.25, 0.3) is 0 Å². The van der Waals surface area contributed by atoms with Crippen LogP contribution in [0.15, 0.2) is 23.1 Å². The predicted octanol–water partition coefficient (Wildman–Crippen LogP) is 3.97. The first-order valence-electron chi connectivity index (χ1n) is 10.2. The molecule has 10 heteroatoms. The number of carbonyl (C=O) groups is 2. The van der Waals surface area contributed by atoms with Crippen LogP contribution in [0.5, 0.6) is 0 Å². The number of hydrogen-bond donors (Lipinski definition) is 0. The van der Waals surface area contributed by atoms with Crippen LogP contribution in [-0.2, 0) is 24.3 Å². The molecule has 1 aromatic rings. The lowest BCUT2D eigenvalue weighted by Crippen LogP contribution is -2.43. The van der Waals surface area contributed by atoms with Crippen molar-refractivity contribution < 1.29 is 22.7 Å². The van der Waals surface area contributed by atoms with Crippen molar-refractivity contribution in [1.29, 1.82) is 0 Å². The smallest absolute Gasteiger partial charge is 0.306 e. The van der Waals surface area contributed by atoms with Crippen molar-refractivity contribution >= 4 is 45.1 Å². The Kier molecular flexibility index (Phi) is 8.78. The van der Waals surface area contributed by atoms with Gasteiger partial charge in [-0.2, -0.15) is 4.31 Å². The maximum absolute atomic E-state index is 13.0. The number of hydrogen-bond acceptors (Lipinski definition) is 5. The summed E-state index contributed by atoms with van der Waals surface area (Å²) >= 11 is 12.2. The number of halogens is 2. The van der Waals surface area contributed by atoms with Crippen molar-refractivity contribution in [2.45, 2.75) is 57.0 Å². The third kappa shape index (κ3) is 7.07. The van der Waals surface area contributed by atoms with E-state index in [0.29, 0.717) is 25.8 Å². The molecule has 0 radical (unpaired) electrons. The van der Waals surface area contributed by atoms with Crippen LogP contribution in [0.1, 0.15) is 46.5 Å². The first kappa shape index (κ1) is 25.9. The molecule has 0 aromatic heterocycles. The first-order chi connectivity index (χ1) is 14.3. The third-order valence-corrected chi connectivity index (χ3v) is 7.85. The van der Waals surface area contributed by atoms with E-state index in [2.05, 4.69) is 0 Å². The number of amides is 1. The van der Waals surface area contributed by atoms with E-state index < -0.39 is 15.6 Å². The SMILES string of the molecule is CN(CCCC(=O)OC(C)(C)C)C(=O)C1CCN(S(=O)(=O)c2c(Cl)cccc2Cl)CC1. The molecule has 1 amide bonds. The number of esters is 1. The van der Waals surface area contributed by atoms with E-state index in [1.54, 1.807) is 18.0 Å². The van der Waals surface area contributed by atoms with Crippen LogP contribution in [0.2, 0.25) is 10.0 Å². The summed E-state index contributed by atoms with van der Waals surface area (Å²) < 4.78 is 32.5. The van der Waals surface area contributed by atoms with Crippen LogP contribution in [0.4, 0.5) is 0 Å². The number of rotatable bonds is 7. The van der Waals surface area contributed by atoms with Crippen LogP contribution in [0.25, 0.3) is 0 Å². The summed E-state index contributed by atoms with van der Waals surface area (Å²) in [4.78, 5) is 26.0. The Morgan fingerprint density at radius 3 is 2.23 bits per heavy atom. The number of benzene rings is 1. The van der Waals surface area contributed by atoms with Crippen LogP contribution in [0.3, 0.4) is 0 Å². The van der Waals surface area contributed by atoms with Crippen molar-refractivity contribution in [3.05, 3.63) is 28.2 Å². The van der Waals surface area contributed by atoms with E-state index >= 15 is 0 Å². The van der Waals surface area contributed by atoms with Gasteiger partial charge in [-0.15, -0.1) is 0 Å². The van der Waals surface area contributed by atoms with Crippen molar-refractivity contribution in [2.75, 3.05) is 26.7 Å². The van der Waals surface area contributed by atoms with Gasteiger partial charge >= 0.3 is 5.97 Å². The monoisotopic (exact) mass is 492 g/mol. The van der Waals surface area contributed by atoms with E-state index in [4.69, 9.17) is 27.9 Å². The summed E-state index contributed by atoms with van der Waals surface area (Å²) in [6.45, 7) is 6.30. The second-order valence-corrected chi connectivity index (χ2v) is 11.4. The lowest BCUT2D eigenvalue weighted by atomic mass is 9.96. The molecule has 2 rings (SSSR count). The second kappa shape index (κ2) is 10.5. The Labute approximate surface area is 194 Å². The van der Waals surface area contributed by atoms with Crippen LogP contribution >= 0.6 is 23.2 Å². The highest BCUT2D eigenvalue weighted by atomic mass is 35.5. The molecule has 0 spiro atoms. The molecular formula is C21H30Cl2N2O5S. The lowest BCUT2D eigenvalue weighted by molar-refractivity contribution is -0.155. The quantitative estimate of drug-likeness (QED) is 0.537. The maximum Gasteiger partial charge on any atom is 0.306 e. The Bertz CT molecular complexity index is 887. The lowest BCUT2D eigenvalue weighted by Gasteiger charge is -2.32. The molecule has 174 valence electrons. The molecule has 1 fully saturated rings. The fraction of sp³-hybridized carbons (Fsp3) is 0.619. The largest absolute Gasteiger partial charge is 0.460 e. The molecule has 7 nitrogen and oxygen atoms in total. The van der Waals surface area contributed by atoms with Gasteiger partial charge in [0.1, 0.15) is 10.5 Å². The van der Waals surface area contributed by atoms with E-state index in [1.807, 2.05) is 20.8 Å². The highest BCUT2D eigenvalue weighted by molar-refractivity contribution is 7.89. The van der Waals surface area contributed by atoms with Gasteiger partial charge in [0.05, 0.1) is 10.0 Å². The van der Waals surface area contributed by atoms with Gasteiger partial charge in [0.2, 0.25) is 15.9 Å². The van der Waals surface area contributed by atoms with Crippen LogP contribution < -0.4 is 0 Å². The zero-order valence-corrected chi connectivity index (χ0v) is 20.7. The molecule has 0 bridgehead atoms. The van der Waals surface area contributed by atoms with Gasteiger partial charge in [-0.25, -0.2) is 8.42 Å². The average Bonchev–Trinajstić information content (AvgIpc) is 2.65. The Morgan fingerprint density at radius 2 is 1.71 bits per heavy atom. The second-order valence-electron chi connectivity index (χ2n) is 8.68. The minimum absolute atomic E-state index is 0.0444. The minimum atomic E-state index is -3.84. The Hall–Kier alpha value is -1.35. The first-order valence-corrected chi connectivity index (χ1v) is 12.4. The summed E-state index contributed by atoms with van der Waals surface area (Å²) in [5, 5.41) is 0.158. The highest BCUT2D eigenvalue weighted by Crippen LogP contribution is 2.33. The Balaban J connectivity index is 1.88. The van der Waals surface area contributed by atoms with Gasteiger partial charge in [0.15, 0.2) is 0 Å². The Morgan fingerprint density at radius 1 is 1.16 bits per heavy atom. The fourth-order valence-corrected chi connectivity index (χ4v) is 6.04. The normalized spacial score (nSPS) is 16.2. The summed E-state index contributed by atoms with van der Waals surface area (Å²) in [5.74, 6) is -0.596. The minimum Gasteiger partial charge on any atom is -0.460 e. The average molecular weight is 493 g/mol. The van der Waals surface area contributed by atoms with Crippen LogP contribution in [-0.4, -0.2) is 61.8 Å². The number of nitrogens with zero attached hydrogens (tertiary/aromatic N) is 2. The third-order valence-electron chi connectivity index (χ3n) is 4.99. The summed E-state index contributed by atoms with van der Waals surface area (Å²) in [6, 6.07) is 4.57. The van der Waals surface area contributed by atoms with E-state index in [-0.39, 0.29) is 52.2 Å². The molecule has 0 N–H and O–H groups in total. The van der Waals surface area contributed by atoms with Gasteiger partial charge in [-0.3, -0.25) is 9.59 Å². The fourth-order valence-electron chi connectivity index (χ4n) is 3.48. The van der Waals surface area contributed by atoms with Gasteiger partial charge in [-0.05, 0) is 52.2 Å². The molecule has 1 aliphatic rings. The number of piperidine rings is 1. The van der Waals surface area contributed by atoms with E-state index in [1.165, 1.54) is 16.4 Å². The molecular weight excluding hydrogens is 463 g/mol. The molecule has 1 aliphatic heterocycles. The topological polar surface area (TPSA) is 84.0 Å². The zero-order chi connectivity index (χ0) is 23.4. The number of ether oxygens (including phenoxy) is 1. The highest BCUT2D eigenvalue weighted by Gasteiger charge is 2.35. The van der Waals surface area contributed by atoms with Gasteiger partial charge in [0, 0.05) is 39.0 Å². The molecule has 0 aliphatic carbocycles. The number of carbonyl (C=O) groups excluding carboxylic acids is 2. The molecule has 1 aromatic carbocycles. The molecule has 31 heavy (non-hydrogen) atoms. The van der Waals surface area contributed by atoms with Crippen molar-refractivity contribution in [2.24, 2.45) is 5.92 Å². The molecule has 0 unspecified atom stereocenters. The van der Waals surface area contributed by atoms with Crippen molar-refractivity contribution in [3.8, 4) is 0 Å². The molecule has 0 saturated carbocycles. The van der Waals surface area contributed by atoms with Crippen LogP contribution in [0, 0.1) is 5.92 Å². The molecule has 0 atom stereocenters. The molecule has 1 heterocycles. The zero-order valence-electron chi connectivity index (χ0n) is 18.4. The maximum atomic E-state index is 13.0.